The number of carboxylic acids is 1. The number of rotatable bonds is 2. The van der Waals surface area contributed by atoms with Gasteiger partial charge < -0.3 is 9.52 Å². The van der Waals surface area contributed by atoms with Crippen LogP contribution in [0.15, 0.2) is 28.9 Å². The summed E-state index contributed by atoms with van der Waals surface area (Å²) in [7, 11) is 0. The van der Waals surface area contributed by atoms with Gasteiger partial charge >= 0.3 is 5.97 Å². The van der Waals surface area contributed by atoms with Crippen LogP contribution in [0.4, 0.5) is 0 Å². The van der Waals surface area contributed by atoms with Gasteiger partial charge in [-0.3, -0.25) is 0 Å². The summed E-state index contributed by atoms with van der Waals surface area (Å²) in [5.74, 6) is -0.736. The standard InChI is InChI=1S/C9H5ClN2O3/c10-8-2-1-7(15-8)5-3-11-12-4-6(5)9(13)14/h1-4H,(H,13,14). The lowest BCUT2D eigenvalue weighted by atomic mass is 10.1. The monoisotopic (exact) mass is 224 g/mol. The second-order valence-corrected chi connectivity index (χ2v) is 3.10. The van der Waals surface area contributed by atoms with Gasteiger partial charge in [-0.05, 0) is 23.7 Å². The normalized spacial score (nSPS) is 10.2. The van der Waals surface area contributed by atoms with Gasteiger partial charge in [-0.25, -0.2) is 4.79 Å². The molecule has 5 nitrogen and oxygen atoms in total. The third-order valence-electron chi connectivity index (χ3n) is 1.80. The number of hydrogen-bond acceptors (Lipinski definition) is 4. The summed E-state index contributed by atoms with van der Waals surface area (Å²) in [6.07, 6.45) is 2.48. The molecule has 2 aromatic rings. The second-order valence-electron chi connectivity index (χ2n) is 2.73. The number of halogens is 1. The van der Waals surface area contributed by atoms with Crippen LogP contribution in [0.2, 0.25) is 5.22 Å². The average Bonchev–Trinajstić information content (AvgIpc) is 2.65. The third-order valence-corrected chi connectivity index (χ3v) is 2.00. The van der Waals surface area contributed by atoms with E-state index in [1.54, 1.807) is 6.07 Å². The van der Waals surface area contributed by atoms with Crippen LogP contribution in [0.1, 0.15) is 10.4 Å². The number of carbonyl (C=O) groups is 1. The van der Waals surface area contributed by atoms with Crippen molar-refractivity contribution in [2.75, 3.05) is 0 Å². The number of carboxylic acid groups (broad SMARTS) is 1. The molecule has 2 heterocycles. The Labute approximate surface area is 89.3 Å². The fraction of sp³-hybridized carbons (Fsp3) is 0. The van der Waals surface area contributed by atoms with E-state index in [2.05, 4.69) is 10.2 Å². The quantitative estimate of drug-likeness (QED) is 0.845. The number of aromatic nitrogens is 2. The maximum absolute atomic E-state index is 10.9. The Kier molecular flexibility index (Phi) is 2.39. The number of hydrogen-bond donors (Lipinski definition) is 1. The zero-order valence-electron chi connectivity index (χ0n) is 7.35. The van der Waals surface area contributed by atoms with E-state index in [-0.39, 0.29) is 10.8 Å². The van der Waals surface area contributed by atoms with Crippen LogP contribution in [0, 0.1) is 0 Å². The van der Waals surface area contributed by atoms with Gasteiger partial charge in [0.15, 0.2) is 5.22 Å². The van der Waals surface area contributed by atoms with Crippen molar-refractivity contribution in [3.63, 3.8) is 0 Å². The lowest BCUT2D eigenvalue weighted by Gasteiger charge is -1.99. The Balaban J connectivity index is 2.57. The summed E-state index contributed by atoms with van der Waals surface area (Å²) in [5, 5.41) is 16.2. The molecule has 0 aromatic carbocycles. The molecule has 0 bridgehead atoms. The van der Waals surface area contributed by atoms with Crippen molar-refractivity contribution in [2.45, 2.75) is 0 Å². The summed E-state index contributed by atoms with van der Waals surface area (Å²) in [6.45, 7) is 0. The van der Waals surface area contributed by atoms with E-state index in [1.807, 2.05) is 0 Å². The van der Waals surface area contributed by atoms with Gasteiger partial charge in [-0.1, -0.05) is 0 Å². The minimum Gasteiger partial charge on any atom is -0.478 e. The second kappa shape index (κ2) is 3.70. The molecule has 1 N–H and O–H groups in total. The average molecular weight is 225 g/mol. The lowest BCUT2D eigenvalue weighted by Crippen LogP contribution is -2.01. The predicted octanol–water partition coefficient (Wildman–Crippen LogP) is 2.09. The molecule has 76 valence electrons. The van der Waals surface area contributed by atoms with Crippen LogP contribution in [-0.2, 0) is 0 Å². The largest absolute Gasteiger partial charge is 0.478 e. The van der Waals surface area contributed by atoms with Gasteiger partial charge in [0, 0.05) is 0 Å². The smallest absolute Gasteiger partial charge is 0.338 e. The molecule has 0 fully saturated rings. The summed E-state index contributed by atoms with van der Waals surface area (Å²) in [5.41, 5.74) is 0.375. The van der Waals surface area contributed by atoms with Crippen molar-refractivity contribution >= 4 is 17.6 Å². The Bertz CT molecular complexity index is 510. The molecular weight excluding hydrogens is 220 g/mol. The van der Waals surface area contributed by atoms with Gasteiger partial charge in [0.1, 0.15) is 5.76 Å². The Morgan fingerprint density at radius 1 is 1.33 bits per heavy atom. The van der Waals surface area contributed by atoms with Gasteiger partial charge in [0.25, 0.3) is 0 Å². The molecule has 0 aliphatic carbocycles. The molecule has 0 spiro atoms. The van der Waals surface area contributed by atoms with Crippen LogP contribution >= 0.6 is 11.6 Å². The Morgan fingerprint density at radius 3 is 2.67 bits per heavy atom. The fourth-order valence-electron chi connectivity index (χ4n) is 1.15. The number of aromatic carboxylic acids is 1. The SMILES string of the molecule is O=C(O)c1cnncc1-c1ccc(Cl)o1. The maximum Gasteiger partial charge on any atom is 0.338 e. The molecule has 0 saturated carbocycles. The highest BCUT2D eigenvalue weighted by Gasteiger charge is 2.14. The van der Waals surface area contributed by atoms with E-state index in [0.717, 1.165) is 6.20 Å². The van der Waals surface area contributed by atoms with E-state index >= 15 is 0 Å². The molecule has 6 heteroatoms. The minimum atomic E-state index is -1.09. The summed E-state index contributed by atoms with van der Waals surface area (Å²) >= 11 is 5.59. The molecular formula is C9H5ClN2O3. The minimum absolute atomic E-state index is 0.0241. The number of nitrogens with zero attached hydrogens (tertiary/aromatic N) is 2. The molecule has 2 aromatic heterocycles. The first kappa shape index (κ1) is 9.67. The molecule has 0 radical (unpaired) electrons. The van der Waals surface area contributed by atoms with E-state index in [0.29, 0.717) is 11.3 Å². The van der Waals surface area contributed by atoms with Crippen LogP contribution in [0.25, 0.3) is 11.3 Å². The van der Waals surface area contributed by atoms with E-state index in [9.17, 15) is 4.79 Å². The predicted molar refractivity (Wildman–Crippen MR) is 51.7 cm³/mol. The lowest BCUT2D eigenvalue weighted by molar-refractivity contribution is 0.0697. The van der Waals surface area contributed by atoms with Crippen molar-refractivity contribution in [3.8, 4) is 11.3 Å². The first-order valence-electron chi connectivity index (χ1n) is 3.98. The van der Waals surface area contributed by atoms with E-state index < -0.39 is 5.97 Å². The molecule has 2 rings (SSSR count). The van der Waals surface area contributed by atoms with E-state index in [1.165, 1.54) is 12.3 Å². The van der Waals surface area contributed by atoms with Crippen LogP contribution in [0.5, 0.6) is 0 Å². The van der Waals surface area contributed by atoms with E-state index in [4.69, 9.17) is 21.1 Å². The van der Waals surface area contributed by atoms with Gasteiger partial charge in [-0.2, -0.15) is 10.2 Å². The summed E-state index contributed by atoms with van der Waals surface area (Å²) in [6, 6.07) is 3.11. The molecule has 0 aliphatic rings. The van der Waals surface area contributed by atoms with Gasteiger partial charge in [0.05, 0.1) is 23.5 Å². The van der Waals surface area contributed by atoms with Crippen molar-refractivity contribution in [3.05, 3.63) is 35.3 Å². The molecule has 0 unspecified atom stereocenters. The molecule has 0 amide bonds. The molecule has 15 heavy (non-hydrogen) atoms. The molecule has 0 aliphatic heterocycles. The Hall–Kier alpha value is -1.88. The Morgan fingerprint density at radius 2 is 2.07 bits per heavy atom. The zero-order valence-corrected chi connectivity index (χ0v) is 8.10. The fourth-order valence-corrected chi connectivity index (χ4v) is 1.29. The summed E-state index contributed by atoms with van der Waals surface area (Å²) in [4.78, 5) is 10.9. The zero-order chi connectivity index (χ0) is 10.8. The van der Waals surface area contributed by atoms with Gasteiger partial charge in [-0.15, -0.1) is 0 Å². The number of furan rings is 1. The van der Waals surface area contributed by atoms with Crippen LogP contribution in [-0.4, -0.2) is 21.3 Å². The first-order chi connectivity index (χ1) is 7.18. The highest BCUT2D eigenvalue weighted by molar-refractivity contribution is 6.29. The third kappa shape index (κ3) is 1.82. The molecule has 0 saturated heterocycles. The van der Waals surface area contributed by atoms with Crippen molar-refractivity contribution in [1.29, 1.82) is 0 Å². The maximum atomic E-state index is 10.9. The first-order valence-corrected chi connectivity index (χ1v) is 4.36. The van der Waals surface area contributed by atoms with Crippen molar-refractivity contribution < 1.29 is 14.3 Å². The van der Waals surface area contributed by atoms with Crippen LogP contribution in [0.3, 0.4) is 0 Å². The van der Waals surface area contributed by atoms with Gasteiger partial charge in [0.2, 0.25) is 0 Å². The van der Waals surface area contributed by atoms with Crippen LogP contribution < -0.4 is 0 Å². The topological polar surface area (TPSA) is 76.2 Å². The molecule has 0 atom stereocenters. The van der Waals surface area contributed by atoms with Crippen molar-refractivity contribution in [1.82, 2.24) is 10.2 Å². The summed E-state index contributed by atoms with van der Waals surface area (Å²) < 4.78 is 5.09. The van der Waals surface area contributed by atoms with Crippen molar-refractivity contribution in [2.24, 2.45) is 0 Å². The highest BCUT2D eigenvalue weighted by Crippen LogP contribution is 2.26. The highest BCUT2D eigenvalue weighted by atomic mass is 35.5.